The van der Waals surface area contributed by atoms with Gasteiger partial charge in [-0.1, -0.05) is 39.0 Å². The van der Waals surface area contributed by atoms with Crippen LogP contribution < -0.4 is 5.32 Å². The molecule has 1 aliphatic rings. The first-order valence-corrected chi connectivity index (χ1v) is 10.3. The number of nitrogens with one attached hydrogen (secondary N) is 1. The minimum absolute atomic E-state index is 0.112. The molecule has 2 aromatic carbocycles. The van der Waals surface area contributed by atoms with Crippen molar-refractivity contribution in [1.29, 1.82) is 0 Å². The number of carbonyl (C=O) groups excluding carboxylic acids is 4. The van der Waals surface area contributed by atoms with Gasteiger partial charge in [-0.15, -0.1) is 0 Å². The average Bonchev–Trinajstić information content (AvgIpc) is 3.01. The summed E-state index contributed by atoms with van der Waals surface area (Å²) in [5.74, 6) is -1.76. The van der Waals surface area contributed by atoms with Crippen molar-refractivity contribution >= 4 is 29.4 Å². The SMILES string of the molecule is CC[C@H](C)N1C(=O)c2ccc(C(=O)OCC(=O)Nc3ccccc3C(C)C)cc2C1=O. The van der Waals surface area contributed by atoms with Gasteiger partial charge in [-0.2, -0.15) is 0 Å². The Morgan fingerprint density at radius 3 is 2.35 bits per heavy atom. The topological polar surface area (TPSA) is 92.8 Å². The molecule has 0 bridgehead atoms. The van der Waals surface area contributed by atoms with Gasteiger partial charge in [0.25, 0.3) is 17.7 Å². The highest BCUT2D eigenvalue weighted by Gasteiger charge is 2.38. The number of fused-ring (bicyclic) bond motifs is 1. The molecule has 0 fully saturated rings. The van der Waals surface area contributed by atoms with Crippen LogP contribution in [0.25, 0.3) is 0 Å². The first kappa shape index (κ1) is 22.2. The zero-order valence-corrected chi connectivity index (χ0v) is 18.1. The highest BCUT2D eigenvalue weighted by molar-refractivity contribution is 6.22. The van der Waals surface area contributed by atoms with Crippen LogP contribution in [0.5, 0.6) is 0 Å². The van der Waals surface area contributed by atoms with Gasteiger partial charge in [0.2, 0.25) is 0 Å². The third-order valence-electron chi connectivity index (χ3n) is 5.38. The van der Waals surface area contributed by atoms with Crippen molar-refractivity contribution in [2.24, 2.45) is 0 Å². The molecule has 0 aliphatic carbocycles. The first-order chi connectivity index (χ1) is 14.7. The molecule has 1 N–H and O–H groups in total. The Bertz CT molecular complexity index is 1040. The van der Waals surface area contributed by atoms with Crippen molar-refractivity contribution < 1.29 is 23.9 Å². The smallest absolute Gasteiger partial charge is 0.338 e. The molecular weight excluding hydrogens is 396 g/mol. The normalized spacial score (nSPS) is 13.9. The molecule has 1 heterocycles. The zero-order chi connectivity index (χ0) is 22.7. The van der Waals surface area contributed by atoms with Crippen molar-refractivity contribution in [2.45, 2.75) is 46.1 Å². The number of benzene rings is 2. The fourth-order valence-electron chi connectivity index (χ4n) is 3.48. The highest BCUT2D eigenvalue weighted by atomic mass is 16.5. The number of anilines is 1. The van der Waals surface area contributed by atoms with E-state index in [1.807, 2.05) is 39.0 Å². The van der Waals surface area contributed by atoms with Crippen molar-refractivity contribution in [3.05, 3.63) is 64.7 Å². The average molecular weight is 422 g/mol. The van der Waals surface area contributed by atoms with Crippen molar-refractivity contribution in [3.63, 3.8) is 0 Å². The van der Waals surface area contributed by atoms with Gasteiger partial charge >= 0.3 is 5.97 Å². The van der Waals surface area contributed by atoms with Crippen LogP contribution >= 0.6 is 0 Å². The molecule has 0 saturated heterocycles. The number of para-hydroxylation sites is 1. The summed E-state index contributed by atoms with van der Waals surface area (Å²) in [5, 5.41) is 2.76. The van der Waals surface area contributed by atoms with Crippen LogP contribution in [0.2, 0.25) is 0 Å². The quantitative estimate of drug-likeness (QED) is 0.538. The molecule has 0 aromatic heterocycles. The zero-order valence-electron chi connectivity index (χ0n) is 18.1. The molecule has 7 nitrogen and oxygen atoms in total. The van der Waals surface area contributed by atoms with E-state index in [1.165, 1.54) is 23.1 Å². The fraction of sp³-hybridized carbons (Fsp3) is 0.333. The van der Waals surface area contributed by atoms with Gasteiger partial charge in [0.05, 0.1) is 16.7 Å². The Hall–Kier alpha value is -3.48. The largest absolute Gasteiger partial charge is 0.452 e. The Morgan fingerprint density at radius 1 is 1.00 bits per heavy atom. The molecule has 1 aliphatic heterocycles. The Labute approximate surface area is 181 Å². The molecule has 0 saturated carbocycles. The molecular formula is C24H26N2O5. The van der Waals surface area contributed by atoms with Crippen LogP contribution in [0, 0.1) is 0 Å². The van der Waals surface area contributed by atoms with Gasteiger partial charge in [0.1, 0.15) is 0 Å². The predicted octanol–water partition coefficient (Wildman–Crippen LogP) is 4.00. The number of rotatable bonds is 7. The van der Waals surface area contributed by atoms with E-state index < -0.39 is 24.4 Å². The number of nitrogens with zero attached hydrogens (tertiary/aromatic N) is 1. The van der Waals surface area contributed by atoms with Crippen molar-refractivity contribution in [2.75, 3.05) is 11.9 Å². The van der Waals surface area contributed by atoms with Crippen LogP contribution in [0.4, 0.5) is 5.69 Å². The van der Waals surface area contributed by atoms with E-state index in [0.717, 1.165) is 5.56 Å². The molecule has 0 radical (unpaired) electrons. The number of amides is 3. The van der Waals surface area contributed by atoms with E-state index in [1.54, 1.807) is 13.0 Å². The third kappa shape index (κ3) is 4.50. The van der Waals surface area contributed by atoms with Gasteiger partial charge in [-0.3, -0.25) is 19.3 Å². The molecule has 3 amide bonds. The molecule has 162 valence electrons. The lowest BCUT2D eigenvalue weighted by molar-refractivity contribution is -0.119. The molecule has 1 atom stereocenters. The number of carbonyl (C=O) groups is 4. The summed E-state index contributed by atoms with van der Waals surface area (Å²) in [4.78, 5) is 51.0. The van der Waals surface area contributed by atoms with Crippen LogP contribution in [-0.4, -0.2) is 41.2 Å². The van der Waals surface area contributed by atoms with Crippen LogP contribution in [0.1, 0.15) is 76.7 Å². The predicted molar refractivity (Wildman–Crippen MR) is 116 cm³/mol. The Kier molecular flexibility index (Phi) is 6.53. The van der Waals surface area contributed by atoms with E-state index in [4.69, 9.17) is 4.74 Å². The molecule has 0 spiro atoms. The maximum Gasteiger partial charge on any atom is 0.338 e. The Balaban J connectivity index is 1.67. The summed E-state index contributed by atoms with van der Waals surface area (Å²) in [5.41, 5.74) is 2.21. The summed E-state index contributed by atoms with van der Waals surface area (Å²) >= 11 is 0. The van der Waals surface area contributed by atoms with E-state index in [-0.39, 0.29) is 34.6 Å². The molecule has 2 aromatic rings. The number of esters is 1. The number of hydrogen-bond donors (Lipinski definition) is 1. The summed E-state index contributed by atoms with van der Waals surface area (Å²) in [7, 11) is 0. The summed E-state index contributed by atoms with van der Waals surface area (Å²) in [6, 6.07) is 11.4. The first-order valence-electron chi connectivity index (χ1n) is 10.3. The van der Waals surface area contributed by atoms with E-state index in [0.29, 0.717) is 12.1 Å². The minimum atomic E-state index is -0.739. The molecule has 0 unspecified atom stereocenters. The number of imide groups is 1. The van der Waals surface area contributed by atoms with Gasteiger partial charge in [0, 0.05) is 11.7 Å². The molecule has 31 heavy (non-hydrogen) atoms. The van der Waals surface area contributed by atoms with Gasteiger partial charge in [-0.25, -0.2) is 4.79 Å². The number of ether oxygens (including phenoxy) is 1. The van der Waals surface area contributed by atoms with Crippen LogP contribution in [-0.2, 0) is 9.53 Å². The van der Waals surface area contributed by atoms with Gasteiger partial charge < -0.3 is 10.1 Å². The maximum absolute atomic E-state index is 12.6. The second kappa shape index (κ2) is 9.12. The summed E-state index contributed by atoms with van der Waals surface area (Å²) in [6.45, 7) is 7.27. The second-order valence-corrected chi connectivity index (χ2v) is 7.86. The van der Waals surface area contributed by atoms with Gasteiger partial charge in [-0.05, 0) is 49.1 Å². The lowest BCUT2D eigenvalue weighted by Crippen LogP contribution is -2.37. The minimum Gasteiger partial charge on any atom is -0.452 e. The second-order valence-electron chi connectivity index (χ2n) is 7.86. The maximum atomic E-state index is 12.6. The van der Waals surface area contributed by atoms with E-state index in [9.17, 15) is 19.2 Å². The highest BCUT2D eigenvalue weighted by Crippen LogP contribution is 2.27. The summed E-state index contributed by atoms with van der Waals surface area (Å²) in [6.07, 6.45) is 0.634. The lowest BCUT2D eigenvalue weighted by atomic mass is 10.0. The summed E-state index contributed by atoms with van der Waals surface area (Å²) < 4.78 is 5.12. The van der Waals surface area contributed by atoms with Crippen molar-refractivity contribution in [1.82, 2.24) is 4.90 Å². The lowest BCUT2D eigenvalue weighted by Gasteiger charge is -2.20. The fourth-order valence-corrected chi connectivity index (χ4v) is 3.48. The van der Waals surface area contributed by atoms with Crippen LogP contribution in [0.3, 0.4) is 0 Å². The van der Waals surface area contributed by atoms with Crippen LogP contribution in [0.15, 0.2) is 42.5 Å². The number of hydrogen-bond acceptors (Lipinski definition) is 5. The van der Waals surface area contributed by atoms with E-state index >= 15 is 0 Å². The van der Waals surface area contributed by atoms with Gasteiger partial charge in [0.15, 0.2) is 6.61 Å². The van der Waals surface area contributed by atoms with Crippen molar-refractivity contribution in [3.8, 4) is 0 Å². The Morgan fingerprint density at radius 2 is 1.68 bits per heavy atom. The van der Waals surface area contributed by atoms with E-state index in [2.05, 4.69) is 5.32 Å². The monoisotopic (exact) mass is 422 g/mol. The molecule has 3 rings (SSSR count). The third-order valence-corrected chi connectivity index (χ3v) is 5.38. The molecule has 7 heteroatoms. The standard InChI is InChI=1S/C24H26N2O5/c1-5-15(4)26-22(28)18-11-10-16(12-19(18)23(26)29)24(30)31-13-21(27)25-20-9-7-6-8-17(20)14(2)3/h6-12,14-15H,5,13H2,1-4H3,(H,25,27)/t15-/m0/s1.